The Morgan fingerprint density at radius 1 is 1.00 bits per heavy atom. The fourth-order valence-electron chi connectivity index (χ4n) is 2.46. The Morgan fingerprint density at radius 2 is 1.52 bits per heavy atom. The van der Waals surface area contributed by atoms with Gasteiger partial charge >= 0.3 is 0 Å². The molecule has 0 fully saturated rings. The molecule has 1 aliphatic rings. The summed E-state index contributed by atoms with van der Waals surface area (Å²) in [6.45, 7) is 1.47. The van der Waals surface area contributed by atoms with Gasteiger partial charge in [-0.05, 0) is 43.3 Å². The number of rotatable bonds is 3. The molecule has 6 heteroatoms. The molecule has 0 aromatic heterocycles. The first kappa shape index (κ1) is 14.9. The predicted octanol–water partition coefficient (Wildman–Crippen LogP) is 2.45. The van der Waals surface area contributed by atoms with Crippen LogP contribution in [0.3, 0.4) is 0 Å². The molecular formula is C17H13FN2O3. The lowest BCUT2D eigenvalue weighted by atomic mass is 10.1. The van der Waals surface area contributed by atoms with Crippen LogP contribution >= 0.6 is 0 Å². The van der Waals surface area contributed by atoms with Gasteiger partial charge in [0.2, 0.25) is 5.91 Å². The van der Waals surface area contributed by atoms with Crippen molar-refractivity contribution >= 4 is 23.4 Å². The predicted molar refractivity (Wildman–Crippen MR) is 81.4 cm³/mol. The Labute approximate surface area is 131 Å². The molecule has 0 bridgehead atoms. The van der Waals surface area contributed by atoms with Gasteiger partial charge in [0.05, 0.1) is 11.1 Å². The van der Waals surface area contributed by atoms with Crippen LogP contribution in [0.15, 0.2) is 48.5 Å². The zero-order valence-electron chi connectivity index (χ0n) is 12.2. The monoisotopic (exact) mass is 312 g/mol. The summed E-state index contributed by atoms with van der Waals surface area (Å²) < 4.78 is 12.9. The first-order valence-corrected chi connectivity index (χ1v) is 7.02. The summed E-state index contributed by atoms with van der Waals surface area (Å²) in [4.78, 5) is 37.9. The third-order valence-electron chi connectivity index (χ3n) is 3.70. The molecule has 0 saturated carbocycles. The molecular weight excluding hydrogens is 299 g/mol. The smallest absolute Gasteiger partial charge is 0.262 e. The van der Waals surface area contributed by atoms with Crippen LogP contribution in [0.5, 0.6) is 0 Å². The third-order valence-corrected chi connectivity index (χ3v) is 3.70. The quantitative estimate of drug-likeness (QED) is 0.885. The summed E-state index contributed by atoms with van der Waals surface area (Å²) in [7, 11) is 0. The van der Waals surface area contributed by atoms with Crippen LogP contribution < -0.4 is 5.32 Å². The summed E-state index contributed by atoms with van der Waals surface area (Å²) in [6.07, 6.45) is 0. The van der Waals surface area contributed by atoms with E-state index in [0.29, 0.717) is 16.8 Å². The van der Waals surface area contributed by atoms with E-state index < -0.39 is 29.6 Å². The highest BCUT2D eigenvalue weighted by molar-refractivity contribution is 6.23. The molecule has 0 spiro atoms. The number of nitrogens with one attached hydrogen (secondary N) is 1. The van der Waals surface area contributed by atoms with Gasteiger partial charge in [-0.25, -0.2) is 4.39 Å². The van der Waals surface area contributed by atoms with Gasteiger partial charge in [-0.1, -0.05) is 12.1 Å². The van der Waals surface area contributed by atoms with E-state index >= 15 is 0 Å². The van der Waals surface area contributed by atoms with E-state index in [1.807, 2.05) is 0 Å². The lowest BCUT2D eigenvalue weighted by molar-refractivity contribution is -0.119. The van der Waals surface area contributed by atoms with Gasteiger partial charge in [-0.2, -0.15) is 0 Å². The Morgan fingerprint density at radius 3 is 2.04 bits per heavy atom. The van der Waals surface area contributed by atoms with Crippen molar-refractivity contribution in [3.63, 3.8) is 0 Å². The maximum absolute atomic E-state index is 12.9. The van der Waals surface area contributed by atoms with Gasteiger partial charge in [0.1, 0.15) is 11.9 Å². The molecule has 1 heterocycles. The van der Waals surface area contributed by atoms with Crippen LogP contribution in [0.1, 0.15) is 27.6 Å². The number of hydrogen-bond donors (Lipinski definition) is 1. The highest BCUT2D eigenvalue weighted by Gasteiger charge is 2.40. The lowest BCUT2D eigenvalue weighted by Crippen LogP contribution is -2.45. The number of amides is 3. The minimum Gasteiger partial charge on any atom is -0.324 e. The highest BCUT2D eigenvalue weighted by atomic mass is 19.1. The van der Waals surface area contributed by atoms with E-state index in [1.165, 1.54) is 31.2 Å². The van der Waals surface area contributed by atoms with Crippen molar-refractivity contribution < 1.29 is 18.8 Å². The van der Waals surface area contributed by atoms with Gasteiger partial charge in [0.25, 0.3) is 11.8 Å². The van der Waals surface area contributed by atoms with Crippen molar-refractivity contribution in [3.8, 4) is 0 Å². The molecule has 1 atom stereocenters. The minimum atomic E-state index is -0.979. The Kier molecular flexibility index (Phi) is 3.65. The molecule has 0 saturated heterocycles. The first-order valence-electron chi connectivity index (χ1n) is 7.02. The maximum Gasteiger partial charge on any atom is 0.262 e. The summed E-state index contributed by atoms with van der Waals surface area (Å²) in [6, 6.07) is 10.7. The summed E-state index contributed by atoms with van der Waals surface area (Å²) in [5.74, 6) is -1.93. The van der Waals surface area contributed by atoms with Crippen LogP contribution in [0, 0.1) is 5.82 Å². The van der Waals surface area contributed by atoms with E-state index in [9.17, 15) is 18.8 Å². The van der Waals surface area contributed by atoms with Crippen LogP contribution in [0.4, 0.5) is 10.1 Å². The SMILES string of the molecule is C[C@H](C(=O)Nc1ccc(F)cc1)N1C(=O)c2ccccc2C1=O. The molecule has 0 unspecified atom stereocenters. The van der Waals surface area contributed by atoms with Gasteiger partial charge in [-0.3, -0.25) is 19.3 Å². The number of carbonyl (C=O) groups is 3. The number of nitrogens with zero attached hydrogens (tertiary/aromatic N) is 1. The maximum atomic E-state index is 12.9. The number of fused-ring (bicyclic) bond motifs is 1. The number of imide groups is 1. The molecule has 1 N–H and O–H groups in total. The topological polar surface area (TPSA) is 66.5 Å². The largest absolute Gasteiger partial charge is 0.324 e. The second-order valence-corrected chi connectivity index (χ2v) is 5.20. The zero-order chi connectivity index (χ0) is 16.6. The molecule has 3 amide bonds. The van der Waals surface area contributed by atoms with E-state index in [4.69, 9.17) is 0 Å². The van der Waals surface area contributed by atoms with Crippen molar-refractivity contribution in [2.24, 2.45) is 0 Å². The molecule has 0 aliphatic carbocycles. The Balaban J connectivity index is 1.79. The van der Waals surface area contributed by atoms with Crippen LogP contribution in [0.2, 0.25) is 0 Å². The molecule has 0 radical (unpaired) electrons. The Bertz CT molecular complexity index is 767. The molecule has 1 aliphatic heterocycles. The van der Waals surface area contributed by atoms with Crippen molar-refractivity contribution in [2.75, 3.05) is 5.32 Å². The lowest BCUT2D eigenvalue weighted by Gasteiger charge is -2.21. The molecule has 2 aromatic rings. The summed E-state index contributed by atoms with van der Waals surface area (Å²) >= 11 is 0. The zero-order valence-corrected chi connectivity index (χ0v) is 12.2. The highest BCUT2D eigenvalue weighted by Crippen LogP contribution is 2.24. The van der Waals surface area contributed by atoms with Crippen molar-refractivity contribution in [1.82, 2.24) is 4.90 Å². The average molecular weight is 312 g/mol. The second-order valence-electron chi connectivity index (χ2n) is 5.20. The molecule has 3 rings (SSSR count). The van der Waals surface area contributed by atoms with E-state index in [-0.39, 0.29) is 0 Å². The number of halogens is 1. The third kappa shape index (κ3) is 2.59. The second kappa shape index (κ2) is 5.64. The molecule has 116 valence electrons. The van der Waals surface area contributed by atoms with E-state index in [0.717, 1.165) is 4.90 Å². The number of benzene rings is 2. The van der Waals surface area contributed by atoms with Gasteiger partial charge in [-0.15, -0.1) is 0 Å². The fraction of sp³-hybridized carbons (Fsp3) is 0.118. The van der Waals surface area contributed by atoms with Gasteiger partial charge in [0.15, 0.2) is 0 Å². The molecule has 2 aromatic carbocycles. The van der Waals surface area contributed by atoms with Gasteiger partial charge in [0, 0.05) is 5.69 Å². The Hall–Kier alpha value is -3.02. The fourth-order valence-corrected chi connectivity index (χ4v) is 2.46. The van der Waals surface area contributed by atoms with Crippen molar-refractivity contribution in [3.05, 3.63) is 65.5 Å². The summed E-state index contributed by atoms with van der Waals surface area (Å²) in [5, 5.41) is 2.56. The molecule has 23 heavy (non-hydrogen) atoms. The van der Waals surface area contributed by atoms with Gasteiger partial charge < -0.3 is 5.32 Å². The molecule has 5 nitrogen and oxygen atoms in total. The van der Waals surface area contributed by atoms with Crippen LogP contribution in [-0.4, -0.2) is 28.7 Å². The van der Waals surface area contributed by atoms with Crippen molar-refractivity contribution in [2.45, 2.75) is 13.0 Å². The first-order chi connectivity index (χ1) is 11.0. The normalized spacial score (nSPS) is 14.6. The number of hydrogen-bond acceptors (Lipinski definition) is 3. The van der Waals surface area contributed by atoms with E-state index in [2.05, 4.69) is 5.32 Å². The van der Waals surface area contributed by atoms with Crippen molar-refractivity contribution in [1.29, 1.82) is 0 Å². The minimum absolute atomic E-state index is 0.291. The van der Waals surface area contributed by atoms with Crippen LogP contribution in [-0.2, 0) is 4.79 Å². The standard InChI is InChI=1S/C17H13FN2O3/c1-10(15(21)19-12-8-6-11(18)7-9-12)20-16(22)13-4-2-3-5-14(13)17(20)23/h2-10H,1H3,(H,19,21)/t10-/m1/s1. The van der Waals surface area contributed by atoms with E-state index in [1.54, 1.807) is 24.3 Å². The van der Waals surface area contributed by atoms with Crippen LogP contribution in [0.25, 0.3) is 0 Å². The number of carbonyl (C=O) groups excluding carboxylic acids is 3. The average Bonchev–Trinajstić information content (AvgIpc) is 2.81. The number of anilines is 1. The summed E-state index contributed by atoms with van der Waals surface area (Å²) in [5.41, 5.74) is 0.970.